The average Bonchev–Trinajstić information content (AvgIpc) is 3.38. The van der Waals surface area contributed by atoms with Crippen LogP contribution in [-0.2, 0) is 6.18 Å². The molecule has 1 aliphatic heterocycles. The van der Waals surface area contributed by atoms with Gasteiger partial charge < -0.3 is 9.73 Å². The van der Waals surface area contributed by atoms with Crippen LogP contribution in [0.25, 0.3) is 0 Å². The lowest BCUT2D eigenvalue weighted by Gasteiger charge is -2.41. The van der Waals surface area contributed by atoms with Gasteiger partial charge in [-0.15, -0.1) is 11.3 Å². The number of hydrogen-bond acceptors (Lipinski definition) is 4. The van der Waals surface area contributed by atoms with Crippen molar-refractivity contribution in [3.8, 4) is 0 Å². The van der Waals surface area contributed by atoms with Gasteiger partial charge in [0, 0.05) is 23.5 Å². The first-order valence-corrected chi connectivity index (χ1v) is 12.2. The molecule has 3 aromatic rings. The molecule has 1 aromatic carbocycles. The summed E-state index contributed by atoms with van der Waals surface area (Å²) in [4.78, 5) is 16.1. The molecule has 3 unspecified atom stereocenters. The molecule has 0 spiro atoms. The zero-order valence-corrected chi connectivity index (χ0v) is 20.5. The first-order chi connectivity index (χ1) is 16.0. The number of furan rings is 1. The number of anilines is 1. The summed E-state index contributed by atoms with van der Waals surface area (Å²) >= 11 is 1.44. The zero-order valence-electron chi connectivity index (χ0n) is 19.7. The summed E-state index contributed by atoms with van der Waals surface area (Å²) < 4.78 is 46.1. The Morgan fingerprint density at radius 3 is 2.47 bits per heavy atom. The number of nitrogens with zero attached hydrogens (tertiary/aromatic N) is 1. The number of rotatable bonds is 5. The van der Waals surface area contributed by atoms with Crippen molar-refractivity contribution < 1.29 is 22.4 Å². The van der Waals surface area contributed by atoms with Crippen molar-refractivity contribution in [1.29, 1.82) is 0 Å². The monoisotopic (exact) mass is 490 g/mol. The highest BCUT2D eigenvalue weighted by atomic mass is 32.1. The fourth-order valence-electron chi connectivity index (χ4n) is 5.01. The molecule has 0 saturated carbocycles. The first kappa shape index (κ1) is 24.5. The Balaban J connectivity index is 1.84. The number of carbonyl (C=O) groups excluding carboxylic acids is 1. The molecule has 0 bridgehead atoms. The Morgan fingerprint density at radius 1 is 1.15 bits per heavy atom. The molecular weight excluding hydrogens is 461 g/mol. The van der Waals surface area contributed by atoms with E-state index in [-0.39, 0.29) is 11.7 Å². The van der Waals surface area contributed by atoms with E-state index in [2.05, 4.69) is 24.1 Å². The van der Waals surface area contributed by atoms with Crippen molar-refractivity contribution in [3.63, 3.8) is 0 Å². The molecule has 2 aromatic heterocycles. The summed E-state index contributed by atoms with van der Waals surface area (Å²) in [5, 5.41) is 3.61. The number of hydrogen-bond donors (Lipinski definition) is 1. The van der Waals surface area contributed by atoms with Crippen molar-refractivity contribution in [2.75, 3.05) is 18.4 Å². The summed E-state index contributed by atoms with van der Waals surface area (Å²) in [6, 6.07) is 8.39. The summed E-state index contributed by atoms with van der Waals surface area (Å²) in [5.41, 5.74) is 1.74. The number of nitrogens with one attached hydrogen (secondary N) is 1. The summed E-state index contributed by atoms with van der Waals surface area (Å²) in [6.45, 7) is 9.84. The van der Waals surface area contributed by atoms with E-state index >= 15 is 0 Å². The lowest BCUT2D eigenvalue weighted by Crippen LogP contribution is -2.41. The molecule has 0 radical (unpaired) electrons. The van der Waals surface area contributed by atoms with Crippen LogP contribution in [0.5, 0.6) is 0 Å². The second-order valence-corrected chi connectivity index (χ2v) is 10.6. The third kappa shape index (κ3) is 5.08. The molecule has 3 atom stereocenters. The molecule has 4 nitrogen and oxygen atoms in total. The molecule has 1 saturated heterocycles. The molecule has 34 heavy (non-hydrogen) atoms. The van der Waals surface area contributed by atoms with E-state index in [1.165, 1.54) is 29.7 Å². The van der Waals surface area contributed by atoms with Gasteiger partial charge in [-0.2, -0.15) is 13.2 Å². The number of benzene rings is 1. The smallest absolute Gasteiger partial charge is 0.416 e. The molecule has 1 aliphatic rings. The number of aryl methyl sites for hydroxylation is 1. The number of carbonyl (C=O) groups is 1. The van der Waals surface area contributed by atoms with Gasteiger partial charge in [0.1, 0.15) is 5.00 Å². The standard InChI is InChI=1S/C26H29F3N2O2S/c1-15-11-16(2)14-31(13-15)23(19-7-5-8-20(12-19)26(27,28)29)22-17(3)18(4)34-25(22)30-24(32)21-9-6-10-33-21/h5-10,12,15-16,23H,11,13-14H2,1-4H3,(H,30,32). The van der Waals surface area contributed by atoms with E-state index in [1.807, 2.05) is 13.8 Å². The Morgan fingerprint density at radius 2 is 1.85 bits per heavy atom. The van der Waals surface area contributed by atoms with Crippen molar-refractivity contribution in [2.24, 2.45) is 11.8 Å². The molecule has 4 rings (SSSR count). The van der Waals surface area contributed by atoms with Gasteiger partial charge >= 0.3 is 6.18 Å². The van der Waals surface area contributed by atoms with Crippen molar-refractivity contribution >= 4 is 22.2 Å². The number of thiophene rings is 1. The molecule has 182 valence electrons. The molecule has 1 N–H and O–H groups in total. The number of alkyl halides is 3. The van der Waals surface area contributed by atoms with Gasteiger partial charge in [0.25, 0.3) is 5.91 Å². The number of piperidine rings is 1. The van der Waals surface area contributed by atoms with Gasteiger partial charge in [-0.05, 0) is 67.5 Å². The van der Waals surface area contributed by atoms with Crippen LogP contribution in [0.1, 0.15) is 64.0 Å². The van der Waals surface area contributed by atoms with E-state index in [9.17, 15) is 18.0 Å². The Kier molecular flexibility index (Phi) is 6.92. The minimum absolute atomic E-state index is 0.186. The number of likely N-dealkylation sites (tertiary alicyclic amines) is 1. The molecular formula is C26H29F3N2O2S. The lowest BCUT2D eigenvalue weighted by molar-refractivity contribution is -0.137. The maximum atomic E-state index is 13.6. The molecule has 1 amide bonds. The van der Waals surface area contributed by atoms with Crippen LogP contribution >= 0.6 is 11.3 Å². The first-order valence-electron chi connectivity index (χ1n) is 11.4. The van der Waals surface area contributed by atoms with Crippen LogP contribution in [0.3, 0.4) is 0 Å². The van der Waals surface area contributed by atoms with Crippen LogP contribution < -0.4 is 5.32 Å². The van der Waals surface area contributed by atoms with Crippen molar-refractivity contribution in [1.82, 2.24) is 4.90 Å². The highest BCUT2D eigenvalue weighted by Crippen LogP contribution is 2.45. The fraction of sp³-hybridized carbons (Fsp3) is 0.423. The van der Waals surface area contributed by atoms with Crippen molar-refractivity contribution in [2.45, 2.75) is 46.3 Å². The maximum absolute atomic E-state index is 13.6. The summed E-state index contributed by atoms with van der Waals surface area (Å²) in [7, 11) is 0. The zero-order chi connectivity index (χ0) is 24.6. The lowest BCUT2D eigenvalue weighted by atomic mass is 9.87. The summed E-state index contributed by atoms with van der Waals surface area (Å²) in [6.07, 6.45) is -1.92. The molecule has 0 aliphatic carbocycles. The number of amides is 1. The second-order valence-electron chi connectivity index (χ2n) is 9.38. The molecule has 3 heterocycles. The maximum Gasteiger partial charge on any atom is 0.416 e. The van der Waals surface area contributed by atoms with E-state index in [0.29, 0.717) is 22.4 Å². The number of halogens is 3. The minimum Gasteiger partial charge on any atom is -0.459 e. The van der Waals surface area contributed by atoms with Gasteiger partial charge in [0.05, 0.1) is 17.9 Å². The normalized spacial score (nSPS) is 20.3. The highest BCUT2D eigenvalue weighted by molar-refractivity contribution is 7.16. The third-order valence-corrected chi connectivity index (χ3v) is 7.61. The quantitative estimate of drug-likeness (QED) is 0.408. The molecule has 8 heteroatoms. The second kappa shape index (κ2) is 9.58. The SMILES string of the molecule is Cc1sc(NC(=O)c2ccco2)c(C(c2cccc(C(F)(F)F)c2)N2CC(C)CC(C)C2)c1C. The van der Waals surface area contributed by atoms with Crippen LogP contribution in [0, 0.1) is 25.7 Å². The minimum atomic E-state index is -4.43. The van der Waals surface area contributed by atoms with E-state index < -0.39 is 17.8 Å². The van der Waals surface area contributed by atoms with E-state index in [1.54, 1.807) is 18.2 Å². The van der Waals surface area contributed by atoms with Gasteiger partial charge in [-0.3, -0.25) is 9.69 Å². The average molecular weight is 491 g/mol. The third-order valence-electron chi connectivity index (χ3n) is 6.47. The topological polar surface area (TPSA) is 45.5 Å². The van der Waals surface area contributed by atoms with Gasteiger partial charge in [-0.1, -0.05) is 26.0 Å². The summed E-state index contributed by atoms with van der Waals surface area (Å²) in [5.74, 6) is 0.637. The van der Waals surface area contributed by atoms with E-state index in [4.69, 9.17) is 4.42 Å². The predicted octanol–water partition coefficient (Wildman–Crippen LogP) is 7.30. The van der Waals surface area contributed by atoms with E-state index in [0.717, 1.165) is 41.6 Å². The van der Waals surface area contributed by atoms with Gasteiger partial charge in [-0.25, -0.2) is 0 Å². The van der Waals surface area contributed by atoms with Crippen molar-refractivity contribution in [3.05, 3.63) is 75.6 Å². The van der Waals surface area contributed by atoms with Crippen LogP contribution in [0.15, 0.2) is 47.1 Å². The van der Waals surface area contributed by atoms with Crippen LogP contribution in [0.2, 0.25) is 0 Å². The van der Waals surface area contributed by atoms with Crippen LogP contribution in [0.4, 0.5) is 18.2 Å². The predicted molar refractivity (Wildman–Crippen MR) is 128 cm³/mol. The Labute approximate surface area is 201 Å². The largest absolute Gasteiger partial charge is 0.459 e. The Bertz CT molecular complexity index is 1140. The highest BCUT2D eigenvalue weighted by Gasteiger charge is 2.36. The molecule has 1 fully saturated rings. The Hall–Kier alpha value is -2.58. The van der Waals surface area contributed by atoms with Crippen LogP contribution in [-0.4, -0.2) is 23.9 Å². The van der Waals surface area contributed by atoms with Gasteiger partial charge in [0.15, 0.2) is 5.76 Å². The van der Waals surface area contributed by atoms with Gasteiger partial charge in [0.2, 0.25) is 0 Å². The fourth-order valence-corrected chi connectivity index (χ4v) is 6.09.